The van der Waals surface area contributed by atoms with Crippen LogP contribution in [0.25, 0.3) is 11.0 Å². The molecule has 1 N–H and O–H groups in total. The number of anilines is 2. The average molecular weight is 390 g/mol. The van der Waals surface area contributed by atoms with Crippen molar-refractivity contribution in [3.63, 3.8) is 0 Å². The van der Waals surface area contributed by atoms with Crippen LogP contribution in [0.2, 0.25) is 0 Å². The second-order valence-electron chi connectivity index (χ2n) is 6.86. The summed E-state index contributed by atoms with van der Waals surface area (Å²) in [6.07, 6.45) is 0. The quantitative estimate of drug-likeness (QED) is 0.459. The van der Waals surface area contributed by atoms with Crippen LogP contribution in [0.4, 0.5) is 11.6 Å². The van der Waals surface area contributed by atoms with Gasteiger partial charge in [-0.3, -0.25) is 0 Å². The summed E-state index contributed by atoms with van der Waals surface area (Å²) in [5.41, 5.74) is 3.63. The lowest BCUT2D eigenvalue weighted by molar-refractivity contribution is 0.354. The zero-order valence-electron chi connectivity index (χ0n) is 16.1. The van der Waals surface area contributed by atoms with Gasteiger partial charge in [-0.15, -0.1) is 0 Å². The lowest BCUT2D eigenvalue weighted by Gasteiger charge is -2.26. The summed E-state index contributed by atoms with van der Waals surface area (Å²) in [6.45, 7) is 1.85. The third-order valence-electron chi connectivity index (χ3n) is 5.31. The molecule has 0 saturated heterocycles. The number of fused-ring (bicyclic) bond motifs is 4. The second-order valence-corrected chi connectivity index (χ2v) is 6.86. The van der Waals surface area contributed by atoms with Crippen molar-refractivity contribution in [3.8, 4) is 11.5 Å². The Morgan fingerprint density at radius 1 is 1.03 bits per heavy atom. The number of nitrogens with one attached hydrogen (secondary N) is 1. The van der Waals surface area contributed by atoms with Crippen LogP contribution in [0, 0.1) is 6.92 Å². The van der Waals surface area contributed by atoms with Gasteiger partial charge in [-0.05, 0) is 36.8 Å². The number of nitrogens with zero attached hydrogens (tertiary/aromatic N) is 1. The number of rotatable bonds is 3. The van der Waals surface area contributed by atoms with E-state index in [1.165, 1.54) is 0 Å². The number of ether oxygens (including phenoxy) is 2. The van der Waals surface area contributed by atoms with E-state index in [2.05, 4.69) is 10.5 Å². The first-order chi connectivity index (χ1) is 14.1. The van der Waals surface area contributed by atoms with E-state index in [0.717, 1.165) is 16.5 Å². The van der Waals surface area contributed by atoms with Crippen molar-refractivity contribution in [2.24, 2.45) is 0 Å². The van der Waals surface area contributed by atoms with Gasteiger partial charge in [0, 0.05) is 5.39 Å². The normalized spacial score (nSPS) is 14.8. The number of hydrogen-bond acceptors (Lipinski definition) is 7. The minimum Gasteiger partial charge on any atom is -0.493 e. The van der Waals surface area contributed by atoms with E-state index in [0.29, 0.717) is 39.9 Å². The predicted octanol–water partition coefficient (Wildman–Crippen LogP) is 4.34. The molecule has 0 aliphatic carbocycles. The summed E-state index contributed by atoms with van der Waals surface area (Å²) < 4.78 is 22.0. The van der Waals surface area contributed by atoms with Gasteiger partial charge in [0.05, 0.1) is 42.6 Å². The molecule has 1 atom stereocenters. The Balaban J connectivity index is 1.84. The molecule has 0 bridgehead atoms. The van der Waals surface area contributed by atoms with Gasteiger partial charge in [0.2, 0.25) is 5.88 Å². The maximum atomic E-state index is 13.1. The van der Waals surface area contributed by atoms with Crippen LogP contribution in [-0.2, 0) is 0 Å². The molecule has 146 valence electrons. The standard InChI is InChI=1S/C22H18N2O5/c1-11-17-18(12-8-9-15(26-2)16(10-12)27-3)19-20(23-21(17)29-24-11)13-6-4-5-7-14(13)28-22(19)25/h4-10,18,23H,1-3H3. The fourth-order valence-corrected chi connectivity index (χ4v) is 3.99. The van der Waals surface area contributed by atoms with Crippen molar-refractivity contribution < 1.29 is 18.4 Å². The van der Waals surface area contributed by atoms with Crippen LogP contribution in [0.3, 0.4) is 0 Å². The van der Waals surface area contributed by atoms with Gasteiger partial charge in [-0.2, -0.15) is 0 Å². The van der Waals surface area contributed by atoms with Gasteiger partial charge in [-0.1, -0.05) is 23.4 Å². The van der Waals surface area contributed by atoms with Crippen LogP contribution in [0.1, 0.15) is 28.3 Å². The Morgan fingerprint density at radius 2 is 1.83 bits per heavy atom. The number of para-hydroxylation sites is 1. The fourth-order valence-electron chi connectivity index (χ4n) is 3.99. The highest BCUT2D eigenvalue weighted by Crippen LogP contribution is 2.48. The Kier molecular flexibility index (Phi) is 3.84. The second kappa shape index (κ2) is 6.41. The summed E-state index contributed by atoms with van der Waals surface area (Å²) in [5, 5.41) is 8.17. The summed E-state index contributed by atoms with van der Waals surface area (Å²) in [5.74, 6) is 1.28. The molecule has 0 radical (unpaired) electrons. The molecule has 7 nitrogen and oxygen atoms in total. The van der Waals surface area contributed by atoms with Crippen molar-refractivity contribution in [2.45, 2.75) is 12.8 Å². The molecule has 1 aliphatic rings. The third kappa shape index (κ3) is 2.51. The third-order valence-corrected chi connectivity index (χ3v) is 5.31. The summed E-state index contributed by atoms with van der Waals surface area (Å²) in [4.78, 5) is 13.1. The SMILES string of the molecule is COc1ccc(C2c3c(C)noc3Nc3c2c(=O)oc2ccccc32)cc1OC. The predicted molar refractivity (Wildman–Crippen MR) is 107 cm³/mol. The molecule has 0 fully saturated rings. The highest BCUT2D eigenvalue weighted by Gasteiger charge is 2.36. The van der Waals surface area contributed by atoms with E-state index < -0.39 is 11.5 Å². The minimum atomic E-state index is -0.423. The summed E-state index contributed by atoms with van der Waals surface area (Å²) >= 11 is 0. The van der Waals surface area contributed by atoms with E-state index >= 15 is 0 Å². The number of aryl methyl sites for hydroxylation is 1. The summed E-state index contributed by atoms with van der Waals surface area (Å²) in [6, 6.07) is 13.0. The molecule has 1 aliphatic heterocycles. The van der Waals surface area contributed by atoms with Crippen LogP contribution >= 0.6 is 0 Å². The van der Waals surface area contributed by atoms with Crippen molar-refractivity contribution in [1.29, 1.82) is 0 Å². The zero-order chi connectivity index (χ0) is 20.1. The number of benzene rings is 2. The molecule has 29 heavy (non-hydrogen) atoms. The van der Waals surface area contributed by atoms with E-state index in [1.807, 2.05) is 43.3 Å². The number of methoxy groups -OCH3 is 2. The monoisotopic (exact) mass is 390 g/mol. The molecule has 0 saturated carbocycles. The van der Waals surface area contributed by atoms with E-state index in [1.54, 1.807) is 20.3 Å². The molecule has 7 heteroatoms. The molecular weight excluding hydrogens is 372 g/mol. The lowest BCUT2D eigenvalue weighted by atomic mass is 9.82. The van der Waals surface area contributed by atoms with Crippen molar-refractivity contribution in [2.75, 3.05) is 19.5 Å². The molecule has 0 spiro atoms. The van der Waals surface area contributed by atoms with Gasteiger partial charge in [-0.25, -0.2) is 4.79 Å². The van der Waals surface area contributed by atoms with Crippen LogP contribution < -0.4 is 20.4 Å². The highest BCUT2D eigenvalue weighted by atomic mass is 16.5. The van der Waals surface area contributed by atoms with E-state index in [9.17, 15) is 4.79 Å². The van der Waals surface area contributed by atoms with Crippen molar-refractivity contribution in [1.82, 2.24) is 5.16 Å². The maximum Gasteiger partial charge on any atom is 0.342 e. The van der Waals surface area contributed by atoms with Gasteiger partial charge in [0.1, 0.15) is 5.58 Å². The van der Waals surface area contributed by atoms with Crippen molar-refractivity contribution >= 4 is 22.5 Å². The summed E-state index contributed by atoms with van der Waals surface area (Å²) in [7, 11) is 3.16. The van der Waals surface area contributed by atoms with Crippen LogP contribution in [0.15, 0.2) is 56.2 Å². The van der Waals surface area contributed by atoms with E-state index in [4.69, 9.17) is 18.4 Å². The Labute approximate surface area is 165 Å². The van der Waals surface area contributed by atoms with Crippen LogP contribution in [-0.4, -0.2) is 19.4 Å². The van der Waals surface area contributed by atoms with E-state index in [-0.39, 0.29) is 0 Å². The van der Waals surface area contributed by atoms with Gasteiger partial charge < -0.3 is 23.7 Å². The Morgan fingerprint density at radius 3 is 2.62 bits per heavy atom. The molecule has 1 unspecified atom stereocenters. The first-order valence-electron chi connectivity index (χ1n) is 9.13. The number of aromatic nitrogens is 1. The molecule has 4 aromatic rings. The first-order valence-corrected chi connectivity index (χ1v) is 9.13. The zero-order valence-corrected chi connectivity index (χ0v) is 16.1. The molecule has 5 rings (SSSR count). The molecule has 0 amide bonds. The Hall–Kier alpha value is -3.74. The first kappa shape index (κ1) is 17.4. The highest BCUT2D eigenvalue weighted by molar-refractivity contribution is 5.95. The van der Waals surface area contributed by atoms with Gasteiger partial charge in [0.15, 0.2) is 11.5 Å². The topological polar surface area (TPSA) is 86.7 Å². The molecule has 3 heterocycles. The van der Waals surface area contributed by atoms with Gasteiger partial charge in [0.25, 0.3) is 0 Å². The number of hydrogen-bond donors (Lipinski definition) is 1. The average Bonchev–Trinajstić information content (AvgIpc) is 3.12. The minimum absolute atomic E-state index is 0.405. The molecule has 2 aromatic carbocycles. The Bertz CT molecular complexity index is 1300. The lowest BCUT2D eigenvalue weighted by Crippen LogP contribution is -2.22. The smallest absolute Gasteiger partial charge is 0.342 e. The fraction of sp³-hybridized carbons (Fsp3) is 0.182. The molecule has 2 aromatic heterocycles. The van der Waals surface area contributed by atoms with Gasteiger partial charge >= 0.3 is 5.63 Å². The molecular formula is C22H18N2O5. The maximum absolute atomic E-state index is 13.1. The van der Waals surface area contributed by atoms with Crippen molar-refractivity contribution in [3.05, 3.63) is 75.3 Å². The van der Waals surface area contributed by atoms with Crippen LogP contribution in [0.5, 0.6) is 11.5 Å². The largest absolute Gasteiger partial charge is 0.493 e.